The molecule has 1 unspecified atom stereocenters. The van der Waals surface area contributed by atoms with Crippen molar-refractivity contribution in [2.45, 2.75) is 13.0 Å². The topological polar surface area (TPSA) is 79.5 Å². The second-order valence-electron chi connectivity index (χ2n) is 6.96. The van der Waals surface area contributed by atoms with Crippen LogP contribution in [0, 0.1) is 5.82 Å². The number of methoxy groups -OCH3 is 1. The van der Waals surface area contributed by atoms with Gasteiger partial charge in [-0.2, -0.15) is 0 Å². The standard InChI is InChI=1S/C24H24FN3O3/c1-16(17-3-7-19(25)8-4-17)26-15-23(29)27-20-9-5-18(6-10-20)24(30)28-21-11-13-22(31-2)14-12-21/h3-14,16,26H,15H2,1-2H3,(H,27,29)(H,28,30). The second-order valence-corrected chi connectivity index (χ2v) is 6.96. The van der Waals surface area contributed by atoms with E-state index in [1.165, 1.54) is 12.1 Å². The van der Waals surface area contributed by atoms with Crippen LogP contribution in [-0.4, -0.2) is 25.5 Å². The number of hydrogen-bond acceptors (Lipinski definition) is 4. The molecule has 2 amide bonds. The predicted molar refractivity (Wildman–Crippen MR) is 119 cm³/mol. The maximum atomic E-state index is 13.0. The Labute approximate surface area is 180 Å². The van der Waals surface area contributed by atoms with Gasteiger partial charge in [0.05, 0.1) is 13.7 Å². The molecule has 0 aliphatic heterocycles. The first-order valence-corrected chi connectivity index (χ1v) is 9.79. The third kappa shape index (κ3) is 6.38. The summed E-state index contributed by atoms with van der Waals surface area (Å²) in [7, 11) is 1.58. The highest BCUT2D eigenvalue weighted by Crippen LogP contribution is 2.17. The molecule has 3 N–H and O–H groups in total. The molecule has 0 saturated heterocycles. The molecule has 0 aromatic heterocycles. The highest BCUT2D eigenvalue weighted by Gasteiger charge is 2.10. The summed E-state index contributed by atoms with van der Waals surface area (Å²) in [6, 6.07) is 19.7. The van der Waals surface area contributed by atoms with Crippen molar-refractivity contribution >= 4 is 23.2 Å². The first-order chi connectivity index (χ1) is 14.9. The zero-order valence-electron chi connectivity index (χ0n) is 17.3. The number of ether oxygens (including phenoxy) is 1. The van der Waals surface area contributed by atoms with Crippen LogP contribution in [0.1, 0.15) is 28.9 Å². The molecule has 0 aliphatic carbocycles. The number of rotatable bonds is 8. The Morgan fingerprint density at radius 2 is 1.45 bits per heavy atom. The van der Waals surface area contributed by atoms with Crippen LogP contribution < -0.4 is 20.7 Å². The first kappa shape index (κ1) is 22.0. The molecular formula is C24H24FN3O3. The van der Waals surface area contributed by atoms with Crippen molar-refractivity contribution in [3.05, 3.63) is 89.7 Å². The van der Waals surface area contributed by atoms with Crippen LogP contribution >= 0.6 is 0 Å². The highest BCUT2D eigenvalue weighted by molar-refractivity contribution is 6.04. The van der Waals surface area contributed by atoms with E-state index in [0.29, 0.717) is 22.7 Å². The van der Waals surface area contributed by atoms with Gasteiger partial charge in [0.25, 0.3) is 5.91 Å². The predicted octanol–water partition coefficient (Wildman–Crippen LogP) is 4.38. The average molecular weight is 421 g/mol. The molecule has 0 heterocycles. The van der Waals surface area contributed by atoms with Crippen LogP contribution in [0.25, 0.3) is 0 Å². The SMILES string of the molecule is COc1ccc(NC(=O)c2ccc(NC(=O)CNC(C)c3ccc(F)cc3)cc2)cc1. The van der Waals surface area contributed by atoms with Gasteiger partial charge < -0.3 is 20.7 Å². The molecule has 0 spiro atoms. The van der Waals surface area contributed by atoms with E-state index in [9.17, 15) is 14.0 Å². The molecule has 0 fully saturated rings. The van der Waals surface area contributed by atoms with Gasteiger partial charge in [-0.25, -0.2) is 4.39 Å². The summed E-state index contributed by atoms with van der Waals surface area (Å²) < 4.78 is 18.1. The van der Waals surface area contributed by atoms with Crippen molar-refractivity contribution in [3.63, 3.8) is 0 Å². The number of anilines is 2. The quantitative estimate of drug-likeness (QED) is 0.504. The number of hydrogen-bond donors (Lipinski definition) is 3. The van der Waals surface area contributed by atoms with Crippen molar-refractivity contribution in [3.8, 4) is 5.75 Å². The smallest absolute Gasteiger partial charge is 0.255 e. The maximum Gasteiger partial charge on any atom is 0.255 e. The molecule has 160 valence electrons. The molecular weight excluding hydrogens is 397 g/mol. The largest absolute Gasteiger partial charge is 0.497 e. The molecule has 6 nitrogen and oxygen atoms in total. The fraction of sp³-hybridized carbons (Fsp3) is 0.167. The van der Waals surface area contributed by atoms with Gasteiger partial charge in [-0.15, -0.1) is 0 Å². The van der Waals surface area contributed by atoms with Crippen LogP contribution in [0.15, 0.2) is 72.8 Å². The van der Waals surface area contributed by atoms with E-state index in [2.05, 4.69) is 16.0 Å². The lowest BCUT2D eigenvalue weighted by atomic mass is 10.1. The van der Waals surface area contributed by atoms with Crippen molar-refractivity contribution in [1.29, 1.82) is 0 Å². The van der Waals surface area contributed by atoms with E-state index < -0.39 is 0 Å². The molecule has 0 saturated carbocycles. The van der Waals surface area contributed by atoms with Gasteiger partial charge in [-0.1, -0.05) is 12.1 Å². The van der Waals surface area contributed by atoms with Crippen LogP contribution in [-0.2, 0) is 4.79 Å². The van der Waals surface area contributed by atoms with E-state index in [1.807, 2.05) is 6.92 Å². The number of nitrogens with one attached hydrogen (secondary N) is 3. The molecule has 0 aliphatic rings. The summed E-state index contributed by atoms with van der Waals surface area (Å²) in [4.78, 5) is 24.6. The lowest BCUT2D eigenvalue weighted by molar-refractivity contribution is -0.115. The fourth-order valence-corrected chi connectivity index (χ4v) is 2.90. The van der Waals surface area contributed by atoms with Gasteiger partial charge in [0, 0.05) is 23.0 Å². The number of benzene rings is 3. The van der Waals surface area contributed by atoms with Gasteiger partial charge in [0.15, 0.2) is 0 Å². The Morgan fingerprint density at radius 3 is 2.06 bits per heavy atom. The van der Waals surface area contributed by atoms with Gasteiger partial charge in [-0.3, -0.25) is 9.59 Å². The van der Waals surface area contributed by atoms with Crippen LogP contribution in [0.4, 0.5) is 15.8 Å². The monoisotopic (exact) mass is 421 g/mol. The Balaban J connectivity index is 1.49. The third-order valence-corrected chi connectivity index (χ3v) is 4.72. The average Bonchev–Trinajstić information content (AvgIpc) is 2.79. The van der Waals surface area contributed by atoms with Crippen molar-refractivity contribution in [2.24, 2.45) is 0 Å². The summed E-state index contributed by atoms with van der Waals surface area (Å²) in [6.07, 6.45) is 0. The lowest BCUT2D eigenvalue weighted by Gasteiger charge is -2.14. The summed E-state index contributed by atoms with van der Waals surface area (Å²) >= 11 is 0. The van der Waals surface area contributed by atoms with Crippen molar-refractivity contribution in [1.82, 2.24) is 5.32 Å². The summed E-state index contributed by atoms with van der Waals surface area (Å²) in [5, 5.41) is 8.68. The molecule has 0 bridgehead atoms. The molecule has 1 atom stereocenters. The normalized spacial score (nSPS) is 11.5. The van der Waals surface area contributed by atoms with E-state index in [-0.39, 0.29) is 30.2 Å². The Morgan fingerprint density at radius 1 is 0.871 bits per heavy atom. The van der Waals surface area contributed by atoms with Gasteiger partial charge in [-0.05, 0) is 73.2 Å². The van der Waals surface area contributed by atoms with Crippen molar-refractivity contribution < 1.29 is 18.7 Å². The zero-order valence-corrected chi connectivity index (χ0v) is 17.3. The molecule has 0 radical (unpaired) electrons. The maximum absolute atomic E-state index is 13.0. The van der Waals surface area contributed by atoms with Crippen LogP contribution in [0.5, 0.6) is 5.75 Å². The van der Waals surface area contributed by atoms with Gasteiger partial charge in [0.2, 0.25) is 5.91 Å². The Kier molecular flexibility index (Phi) is 7.35. The zero-order chi connectivity index (χ0) is 22.2. The van der Waals surface area contributed by atoms with Crippen molar-refractivity contribution in [2.75, 3.05) is 24.3 Å². The summed E-state index contributed by atoms with van der Waals surface area (Å²) in [5.41, 5.74) is 2.60. The number of amides is 2. The van der Waals surface area contributed by atoms with E-state index in [4.69, 9.17) is 4.74 Å². The first-order valence-electron chi connectivity index (χ1n) is 9.79. The van der Waals surface area contributed by atoms with Gasteiger partial charge in [0.1, 0.15) is 11.6 Å². The number of halogens is 1. The summed E-state index contributed by atoms with van der Waals surface area (Å²) in [5.74, 6) is -0.0586. The Hall–Kier alpha value is -3.71. The summed E-state index contributed by atoms with van der Waals surface area (Å²) in [6.45, 7) is 2.00. The molecule has 3 rings (SSSR count). The minimum absolute atomic E-state index is 0.0955. The molecule has 7 heteroatoms. The van der Waals surface area contributed by atoms with E-state index in [0.717, 1.165) is 5.56 Å². The molecule has 3 aromatic carbocycles. The number of carbonyl (C=O) groups excluding carboxylic acids is 2. The van der Waals surface area contributed by atoms with Crippen LogP contribution in [0.2, 0.25) is 0 Å². The lowest BCUT2D eigenvalue weighted by Crippen LogP contribution is -2.30. The minimum Gasteiger partial charge on any atom is -0.497 e. The number of carbonyl (C=O) groups is 2. The molecule has 3 aromatic rings. The molecule has 31 heavy (non-hydrogen) atoms. The van der Waals surface area contributed by atoms with Gasteiger partial charge >= 0.3 is 0 Å². The van der Waals surface area contributed by atoms with Crippen LogP contribution in [0.3, 0.4) is 0 Å². The second kappa shape index (κ2) is 10.4. The third-order valence-electron chi connectivity index (χ3n) is 4.72. The van der Waals surface area contributed by atoms with E-state index >= 15 is 0 Å². The van der Waals surface area contributed by atoms with E-state index in [1.54, 1.807) is 67.8 Å². The fourth-order valence-electron chi connectivity index (χ4n) is 2.90. The highest BCUT2D eigenvalue weighted by atomic mass is 19.1. The Bertz CT molecular complexity index is 1020. The minimum atomic E-state index is -0.296.